The lowest BCUT2D eigenvalue weighted by atomic mass is 9.89. The summed E-state index contributed by atoms with van der Waals surface area (Å²) < 4.78 is 2.29. The second-order valence-corrected chi connectivity index (χ2v) is 10.6. The van der Waals surface area contributed by atoms with E-state index in [2.05, 4.69) is 9.55 Å². The molecule has 1 aliphatic rings. The first kappa shape index (κ1) is 23.4. The van der Waals surface area contributed by atoms with E-state index in [4.69, 9.17) is 4.98 Å². The SMILES string of the molecule is CCC(=O)c1ccc2c(c1)nc(-c1ccccn1)n2[C@@H]1CCC[C@H](N(C)C(=O)c2ccc(C)s2)C1. The first-order valence-corrected chi connectivity index (χ1v) is 13.1. The summed E-state index contributed by atoms with van der Waals surface area (Å²) in [5.74, 6) is 1.02. The Kier molecular flexibility index (Phi) is 6.52. The number of hydrogen-bond acceptors (Lipinski definition) is 5. The third-order valence-corrected chi connectivity index (χ3v) is 8.02. The van der Waals surface area contributed by atoms with E-state index in [1.54, 1.807) is 17.5 Å². The average Bonchev–Trinajstić information content (AvgIpc) is 3.51. The second-order valence-electron chi connectivity index (χ2n) is 9.30. The van der Waals surface area contributed by atoms with Crippen molar-refractivity contribution in [3.63, 3.8) is 0 Å². The number of thiophene rings is 1. The maximum Gasteiger partial charge on any atom is 0.263 e. The maximum absolute atomic E-state index is 13.2. The number of Topliss-reactive ketones (excluding diaryl/α,β-unsaturated/α-hetero) is 1. The molecule has 0 N–H and O–H groups in total. The number of pyridine rings is 1. The van der Waals surface area contributed by atoms with Crippen molar-refractivity contribution in [3.8, 4) is 11.5 Å². The van der Waals surface area contributed by atoms with Crippen molar-refractivity contribution in [1.82, 2.24) is 19.4 Å². The summed E-state index contributed by atoms with van der Waals surface area (Å²) in [6, 6.07) is 15.9. The molecule has 3 aromatic heterocycles. The van der Waals surface area contributed by atoms with Gasteiger partial charge in [-0.3, -0.25) is 14.6 Å². The lowest BCUT2D eigenvalue weighted by molar-refractivity contribution is 0.0676. The predicted octanol–water partition coefficient (Wildman–Crippen LogP) is 6.32. The molecule has 1 aliphatic carbocycles. The zero-order chi connectivity index (χ0) is 24.5. The number of rotatable bonds is 6. The highest BCUT2D eigenvalue weighted by Gasteiger charge is 2.31. The molecule has 0 saturated heterocycles. The molecule has 7 heteroatoms. The summed E-state index contributed by atoms with van der Waals surface area (Å²) in [4.78, 5) is 38.9. The highest BCUT2D eigenvalue weighted by atomic mass is 32.1. The maximum atomic E-state index is 13.2. The lowest BCUT2D eigenvalue weighted by Gasteiger charge is -2.36. The van der Waals surface area contributed by atoms with Crippen LogP contribution in [0.3, 0.4) is 0 Å². The zero-order valence-electron chi connectivity index (χ0n) is 20.4. The number of aryl methyl sites for hydroxylation is 1. The van der Waals surface area contributed by atoms with Gasteiger partial charge in [-0.2, -0.15) is 0 Å². The summed E-state index contributed by atoms with van der Waals surface area (Å²) >= 11 is 1.55. The molecule has 1 saturated carbocycles. The number of imidazole rings is 1. The fourth-order valence-electron chi connectivity index (χ4n) is 5.14. The molecule has 0 radical (unpaired) electrons. The highest BCUT2D eigenvalue weighted by Crippen LogP contribution is 2.37. The first-order valence-electron chi connectivity index (χ1n) is 12.3. The second kappa shape index (κ2) is 9.74. The smallest absolute Gasteiger partial charge is 0.263 e. The van der Waals surface area contributed by atoms with Crippen LogP contribution < -0.4 is 0 Å². The van der Waals surface area contributed by atoms with Crippen LogP contribution in [0.5, 0.6) is 0 Å². The molecule has 180 valence electrons. The quantitative estimate of drug-likeness (QED) is 0.299. The van der Waals surface area contributed by atoms with Gasteiger partial charge in [-0.15, -0.1) is 11.3 Å². The van der Waals surface area contributed by atoms with Crippen LogP contribution in [0, 0.1) is 6.92 Å². The van der Waals surface area contributed by atoms with Crippen molar-refractivity contribution < 1.29 is 9.59 Å². The van der Waals surface area contributed by atoms with Gasteiger partial charge in [0.25, 0.3) is 5.91 Å². The molecule has 1 fully saturated rings. The number of ketones is 1. The minimum Gasteiger partial charge on any atom is -0.338 e. The molecule has 3 heterocycles. The molecule has 0 bridgehead atoms. The van der Waals surface area contributed by atoms with Crippen LogP contribution in [-0.4, -0.2) is 44.2 Å². The summed E-state index contributed by atoms with van der Waals surface area (Å²) in [5, 5.41) is 0. The zero-order valence-corrected chi connectivity index (χ0v) is 21.2. The van der Waals surface area contributed by atoms with Gasteiger partial charge in [0.15, 0.2) is 11.6 Å². The van der Waals surface area contributed by atoms with Crippen LogP contribution in [0.25, 0.3) is 22.6 Å². The number of fused-ring (bicyclic) bond motifs is 1. The number of benzene rings is 1. The molecule has 4 aromatic rings. The molecule has 35 heavy (non-hydrogen) atoms. The van der Waals surface area contributed by atoms with Gasteiger partial charge in [0.05, 0.1) is 15.9 Å². The van der Waals surface area contributed by atoms with E-state index >= 15 is 0 Å². The number of hydrogen-bond donors (Lipinski definition) is 0. The van der Waals surface area contributed by atoms with Crippen molar-refractivity contribution in [2.45, 2.75) is 58.0 Å². The van der Waals surface area contributed by atoms with E-state index in [1.807, 2.05) is 74.3 Å². The van der Waals surface area contributed by atoms with E-state index in [-0.39, 0.29) is 23.8 Å². The molecule has 0 unspecified atom stereocenters. The Hall–Kier alpha value is -3.32. The summed E-state index contributed by atoms with van der Waals surface area (Å²) in [6.07, 6.45) is 6.14. The third kappa shape index (κ3) is 4.52. The fourth-order valence-corrected chi connectivity index (χ4v) is 5.99. The Labute approximate surface area is 209 Å². The Morgan fingerprint density at radius 3 is 2.71 bits per heavy atom. The third-order valence-electron chi connectivity index (χ3n) is 7.03. The Bertz CT molecular complexity index is 1370. The van der Waals surface area contributed by atoms with Gasteiger partial charge in [0.2, 0.25) is 0 Å². The topological polar surface area (TPSA) is 68.1 Å². The van der Waals surface area contributed by atoms with Gasteiger partial charge in [0.1, 0.15) is 5.69 Å². The van der Waals surface area contributed by atoms with E-state index in [0.717, 1.165) is 58.0 Å². The molecule has 6 nitrogen and oxygen atoms in total. The van der Waals surface area contributed by atoms with Gasteiger partial charge in [-0.05, 0) is 75.1 Å². The van der Waals surface area contributed by atoms with Crippen molar-refractivity contribution in [2.75, 3.05) is 7.05 Å². The Morgan fingerprint density at radius 2 is 2.00 bits per heavy atom. The number of nitrogens with zero attached hydrogens (tertiary/aromatic N) is 4. The van der Waals surface area contributed by atoms with Crippen LogP contribution in [0.2, 0.25) is 0 Å². The average molecular weight is 487 g/mol. The van der Waals surface area contributed by atoms with E-state index in [1.165, 1.54) is 0 Å². The summed E-state index contributed by atoms with van der Waals surface area (Å²) in [7, 11) is 1.93. The molecule has 2 atom stereocenters. The number of amides is 1. The Morgan fingerprint density at radius 1 is 1.14 bits per heavy atom. The molecule has 1 amide bonds. The largest absolute Gasteiger partial charge is 0.338 e. The molecular formula is C28H30N4O2S. The monoisotopic (exact) mass is 486 g/mol. The van der Waals surface area contributed by atoms with Gasteiger partial charge < -0.3 is 9.47 Å². The standard InChI is InChI=1S/C28H30N4O2S/c1-4-25(33)19-12-13-24-23(16-19)30-27(22-10-5-6-15-29-22)32(24)21-9-7-8-20(17-21)31(3)28(34)26-14-11-18(2)35-26/h5-6,10-16,20-21H,4,7-9,17H2,1-3H3/t20-,21+/m0/s1. The number of carbonyl (C=O) groups excluding carboxylic acids is 2. The molecule has 0 spiro atoms. The molecular weight excluding hydrogens is 456 g/mol. The van der Waals surface area contributed by atoms with Crippen molar-refractivity contribution in [2.24, 2.45) is 0 Å². The molecule has 0 aliphatic heterocycles. The highest BCUT2D eigenvalue weighted by molar-refractivity contribution is 7.13. The number of carbonyl (C=O) groups is 2. The van der Waals surface area contributed by atoms with E-state index < -0.39 is 0 Å². The van der Waals surface area contributed by atoms with Crippen molar-refractivity contribution in [3.05, 3.63) is 70.0 Å². The minimum absolute atomic E-state index is 0.0944. The van der Waals surface area contributed by atoms with Crippen LogP contribution in [0.4, 0.5) is 0 Å². The van der Waals surface area contributed by atoms with Gasteiger partial charge in [-0.25, -0.2) is 4.98 Å². The predicted molar refractivity (Wildman–Crippen MR) is 140 cm³/mol. The van der Waals surface area contributed by atoms with Crippen LogP contribution >= 0.6 is 11.3 Å². The van der Waals surface area contributed by atoms with Crippen molar-refractivity contribution in [1.29, 1.82) is 0 Å². The summed E-state index contributed by atoms with van der Waals surface area (Å²) in [5.41, 5.74) is 3.32. The van der Waals surface area contributed by atoms with E-state index in [0.29, 0.717) is 12.0 Å². The van der Waals surface area contributed by atoms with Gasteiger partial charge in [-0.1, -0.05) is 13.0 Å². The number of aromatic nitrogens is 3. The first-order chi connectivity index (χ1) is 17.0. The van der Waals surface area contributed by atoms with Crippen LogP contribution in [0.15, 0.2) is 54.7 Å². The van der Waals surface area contributed by atoms with Crippen molar-refractivity contribution >= 4 is 34.1 Å². The van der Waals surface area contributed by atoms with Crippen LogP contribution in [-0.2, 0) is 0 Å². The lowest BCUT2D eigenvalue weighted by Crippen LogP contribution is -2.40. The molecule has 5 rings (SSSR count). The summed E-state index contributed by atoms with van der Waals surface area (Å²) in [6.45, 7) is 3.91. The van der Waals surface area contributed by atoms with Gasteiger partial charge in [0, 0.05) is 42.2 Å². The Balaban J connectivity index is 1.52. The van der Waals surface area contributed by atoms with Gasteiger partial charge >= 0.3 is 0 Å². The van der Waals surface area contributed by atoms with Crippen LogP contribution in [0.1, 0.15) is 70.0 Å². The normalized spacial score (nSPS) is 18.0. The minimum atomic E-state index is 0.0944. The molecule has 1 aromatic carbocycles. The van der Waals surface area contributed by atoms with E-state index in [9.17, 15) is 9.59 Å². The fraction of sp³-hybridized carbons (Fsp3) is 0.357.